The Kier molecular flexibility index (Phi) is 3.56. The fourth-order valence-corrected chi connectivity index (χ4v) is 2.41. The molecule has 1 aliphatic heterocycles. The number of carbonyl (C=O) groups excluding carboxylic acids is 1. The van der Waals surface area contributed by atoms with E-state index in [2.05, 4.69) is 10.3 Å². The first kappa shape index (κ1) is 12.9. The van der Waals surface area contributed by atoms with Gasteiger partial charge in [-0.2, -0.15) is 0 Å². The van der Waals surface area contributed by atoms with Crippen molar-refractivity contribution in [2.45, 2.75) is 6.54 Å². The van der Waals surface area contributed by atoms with Gasteiger partial charge in [0.1, 0.15) is 5.15 Å². The van der Waals surface area contributed by atoms with Crippen LogP contribution in [0.25, 0.3) is 0 Å². The molecular formula is C15H14ClN3O. The molecule has 0 fully saturated rings. The molecule has 0 saturated heterocycles. The van der Waals surface area contributed by atoms with Gasteiger partial charge >= 0.3 is 0 Å². The van der Waals surface area contributed by atoms with Crippen molar-refractivity contribution >= 4 is 23.2 Å². The van der Waals surface area contributed by atoms with E-state index in [1.807, 2.05) is 29.2 Å². The van der Waals surface area contributed by atoms with Crippen LogP contribution in [0.3, 0.4) is 0 Å². The van der Waals surface area contributed by atoms with Gasteiger partial charge in [-0.15, -0.1) is 0 Å². The Morgan fingerprint density at radius 2 is 2.10 bits per heavy atom. The summed E-state index contributed by atoms with van der Waals surface area (Å²) in [5.41, 5.74) is 2.78. The molecule has 0 atom stereocenters. The molecule has 0 bridgehead atoms. The number of benzene rings is 1. The number of amides is 1. The quantitative estimate of drug-likeness (QED) is 0.821. The van der Waals surface area contributed by atoms with Crippen molar-refractivity contribution in [2.75, 3.05) is 18.4 Å². The predicted molar refractivity (Wildman–Crippen MR) is 78.9 cm³/mol. The standard InChI is InChI=1S/C15H14ClN3O/c16-14-6-5-11(9-18-14)15(20)19-8-7-17-13-4-2-1-3-12(13)10-19/h1-6,9,17H,7-8,10H2. The minimum Gasteiger partial charge on any atom is -0.383 e. The van der Waals surface area contributed by atoms with E-state index in [4.69, 9.17) is 11.6 Å². The minimum absolute atomic E-state index is 0.0207. The zero-order valence-corrected chi connectivity index (χ0v) is 11.6. The number of nitrogens with one attached hydrogen (secondary N) is 1. The summed E-state index contributed by atoms with van der Waals surface area (Å²) in [6.07, 6.45) is 1.52. The van der Waals surface area contributed by atoms with Crippen molar-refractivity contribution in [3.8, 4) is 0 Å². The first-order valence-corrected chi connectivity index (χ1v) is 6.84. The lowest BCUT2D eigenvalue weighted by molar-refractivity contribution is 0.0752. The molecule has 1 aromatic carbocycles. The van der Waals surface area contributed by atoms with Crippen LogP contribution in [0.4, 0.5) is 5.69 Å². The number of rotatable bonds is 1. The molecule has 1 aromatic heterocycles. The van der Waals surface area contributed by atoms with Crippen LogP contribution in [-0.4, -0.2) is 28.9 Å². The summed E-state index contributed by atoms with van der Waals surface area (Å²) in [7, 11) is 0. The van der Waals surface area contributed by atoms with Crippen molar-refractivity contribution < 1.29 is 4.79 Å². The maximum atomic E-state index is 12.5. The Balaban J connectivity index is 1.84. The molecule has 4 nitrogen and oxygen atoms in total. The molecule has 1 amide bonds. The highest BCUT2D eigenvalue weighted by Crippen LogP contribution is 2.21. The third-order valence-electron chi connectivity index (χ3n) is 3.34. The minimum atomic E-state index is -0.0207. The summed E-state index contributed by atoms with van der Waals surface area (Å²) in [4.78, 5) is 18.3. The maximum absolute atomic E-state index is 12.5. The van der Waals surface area contributed by atoms with Gasteiger partial charge in [-0.1, -0.05) is 29.8 Å². The Hall–Kier alpha value is -2.07. The van der Waals surface area contributed by atoms with Gasteiger partial charge in [0.15, 0.2) is 0 Å². The lowest BCUT2D eigenvalue weighted by atomic mass is 10.1. The SMILES string of the molecule is O=C(c1ccc(Cl)nc1)N1CCNc2ccccc2C1. The normalized spacial score (nSPS) is 14.2. The molecule has 0 spiro atoms. The van der Waals surface area contributed by atoms with Gasteiger partial charge in [0, 0.05) is 31.5 Å². The topological polar surface area (TPSA) is 45.2 Å². The average Bonchev–Trinajstić information content (AvgIpc) is 2.69. The van der Waals surface area contributed by atoms with Crippen LogP contribution >= 0.6 is 11.6 Å². The predicted octanol–water partition coefficient (Wildman–Crippen LogP) is 2.80. The molecule has 1 N–H and O–H groups in total. The van der Waals surface area contributed by atoms with Crippen LogP contribution in [-0.2, 0) is 6.54 Å². The van der Waals surface area contributed by atoms with Gasteiger partial charge in [0.2, 0.25) is 0 Å². The van der Waals surface area contributed by atoms with E-state index < -0.39 is 0 Å². The van der Waals surface area contributed by atoms with Crippen LogP contribution in [0, 0.1) is 0 Å². The number of carbonyl (C=O) groups is 1. The number of hydrogen-bond acceptors (Lipinski definition) is 3. The van der Waals surface area contributed by atoms with Gasteiger partial charge in [0.25, 0.3) is 5.91 Å². The van der Waals surface area contributed by atoms with Crippen LogP contribution in [0.1, 0.15) is 15.9 Å². The fourth-order valence-electron chi connectivity index (χ4n) is 2.30. The molecule has 5 heteroatoms. The molecule has 0 saturated carbocycles. The monoisotopic (exact) mass is 287 g/mol. The van der Waals surface area contributed by atoms with E-state index in [0.29, 0.717) is 23.8 Å². The Morgan fingerprint density at radius 1 is 1.25 bits per heavy atom. The van der Waals surface area contributed by atoms with Crippen molar-refractivity contribution in [3.05, 3.63) is 58.9 Å². The number of fused-ring (bicyclic) bond motifs is 1. The molecule has 3 rings (SSSR count). The number of halogens is 1. The lowest BCUT2D eigenvalue weighted by Crippen LogP contribution is -2.32. The number of anilines is 1. The molecule has 0 aliphatic carbocycles. The van der Waals surface area contributed by atoms with Gasteiger partial charge < -0.3 is 10.2 Å². The third kappa shape index (κ3) is 2.60. The van der Waals surface area contributed by atoms with Crippen LogP contribution in [0.5, 0.6) is 0 Å². The highest BCUT2D eigenvalue weighted by Gasteiger charge is 2.19. The second-order valence-electron chi connectivity index (χ2n) is 4.68. The Morgan fingerprint density at radius 3 is 2.90 bits per heavy atom. The molecule has 0 radical (unpaired) electrons. The zero-order chi connectivity index (χ0) is 13.9. The second-order valence-corrected chi connectivity index (χ2v) is 5.07. The molecule has 2 aromatic rings. The van der Waals surface area contributed by atoms with Crippen molar-refractivity contribution in [3.63, 3.8) is 0 Å². The highest BCUT2D eigenvalue weighted by atomic mass is 35.5. The number of para-hydroxylation sites is 1. The summed E-state index contributed by atoms with van der Waals surface area (Å²) in [5, 5.41) is 3.73. The smallest absolute Gasteiger partial charge is 0.255 e. The maximum Gasteiger partial charge on any atom is 0.255 e. The Bertz CT molecular complexity index is 627. The van der Waals surface area contributed by atoms with E-state index in [-0.39, 0.29) is 5.91 Å². The van der Waals surface area contributed by atoms with E-state index >= 15 is 0 Å². The fraction of sp³-hybridized carbons (Fsp3) is 0.200. The summed E-state index contributed by atoms with van der Waals surface area (Å²) in [6, 6.07) is 11.4. The van der Waals surface area contributed by atoms with E-state index in [9.17, 15) is 4.79 Å². The van der Waals surface area contributed by atoms with E-state index in [1.54, 1.807) is 12.1 Å². The summed E-state index contributed by atoms with van der Waals surface area (Å²) in [5.74, 6) is -0.0207. The third-order valence-corrected chi connectivity index (χ3v) is 3.56. The first-order chi connectivity index (χ1) is 9.74. The Labute approximate surface area is 122 Å². The second kappa shape index (κ2) is 5.51. The van der Waals surface area contributed by atoms with Gasteiger partial charge in [-0.05, 0) is 23.8 Å². The molecule has 0 unspecified atom stereocenters. The number of nitrogens with zero attached hydrogens (tertiary/aromatic N) is 2. The summed E-state index contributed by atoms with van der Waals surface area (Å²) in [6.45, 7) is 2.00. The number of hydrogen-bond donors (Lipinski definition) is 1. The van der Waals surface area contributed by atoms with Crippen LogP contribution in [0.15, 0.2) is 42.6 Å². The highest BCUT2D eigenvalue weighted by molar-refractivity contribution is 6.29. The van der Waals surface area contributed by atoms with Crippen LogP contribution in [0.2, 0.25) is 5.15 Å². The molecular weight excluding hydrogens is 274 g/mol. The number of pyridine rings is 1. The molecule has 2 heterocycles. The number of aromatic nitrogens is 1. The van der Waals surface area contributed by atoms with Gasteiger partial charge in [-0.25, -0.2) is 4.98 Å². The van der Waals surface area contributed by atoms with Crippen molar-refractivity contribution in [1.82, 2.24) is 9.88 Å². The molecule has 20 heavy (non-hydrogen) atoms. The largest absolute Gasteiger partial charge is 0.383 e. The van der Waals surface area contributed by atoms with Crippen LogP contribution < -0.4 is 5.32 Å². The lowest BCUT2D eigenvalue weighted by Gasteiger charge is -2.20. The average molecular weight is 288 g/mol. The van der Waals surface area contributed by atoms with Gasteiger partial charge in [0.05, 0.1) is 5.56 Å². The van der Waals surface area contributed by atoms with E-state index in [1.165, 1.54) is 6.20 Å². The first-order valence-electron chi connectivity index (χ1n) is 6.46. The van der Waals surface area contributed by atoms with Crippen molar-refractivity contribution in [2.24, 2.45) is 0 Å². The van der Waals surface area contributed by atoms with Gasteiger partial charge in [-0.3, -0.25) is 4.79 Å². The zero-order valence-electron chi connectivity index (χ0n) is 10.8. The summed E-state index contributed by atoms with van der Waals surface area (Å²) < 4.78 is 0. The summed E-state index contributed by atoms with van der Waals surface area (Å²) >= 11 is 5.75. The molecule has 1 aliphatic rings. The molecule has 102 valence electrons. The van der Waals surface area contributed by atoms with Crippen molar-refractivity contribution in [1.29, 1.82) is 0 Å². The van der Waals surface area contributed by atoms with E-state index in [0.717, 1.165) is 17.8 Å².